The Hall–Kier alpha value is -5.40. The summed E-state index contributed by atoms with van der Waals surface area (Å²) in [7, 11) is 0. The van der Waals surface area contributed by atoms with Gasteiger partial charge in [-0.3, -0.25) is 19.2 Å². The summed E-state index contributed by atoms with van der Waals surface area (Å²) in [5.74, 6) is -5.42. The maximum atomic E-state index is 13.3. The van der Waals surface area contributed by atoms with E-state index in [0.29, 0.717) is 0 Å². The quantitative estimate of drug-likeness (QED) is 0.0272. The summed E-state index contributed by atoms with van der Waals surface area (Å²) in [6.07, 6.45) is -103. The highest BCUT2D eigenvalue weighted by atomic mass is 16.8. The molecular weight excluding hydrogens is 2030 g/mol. The van der Waals surface area contributed by atoms with Crippen molar-refractivity contribution in [3.8, 4) is 0 Å². The lowest BCUT2D eigenvalue weighted by Gasteiger charge is -2.52. The number of ether oxygens (including phenoxy) is 21. The van der Waals surface area contributed by atoms with E-state index < -0.39 is 464 Å². The maximum Gasteiger partial charge on any atom is 0.373 e. The molecule has 0 aromatic carbocycles. The Morgan fingerprint density at radius 1 is 0.295 bits per heavy atom. The van der Waals surface area contributed by atoms with Crippen LogP contribution >= 0.6 is 0 Å². The first-order valence-electron chi connectivity index (χ1n) is 47.8. The van der Waals surface area contributed by atoms with Crippen LogP contribution in [0.25, 0.3) is 0 Å². The van der Waals surface area contributed by atoms with E-state index in [9.17, 15) is 172 Å². The monoisotopic (exact) mass is 2180 g/mol. The first-order valence-corrected chi connectivity index (χ1v) is 47.8. The van der Waals surface area contributed by atoms with Crippen molar-refractivity contribution < 1.29 is 291 Å². The fraction of sp³-hybridized carbons (Fsp3) is 0.930. The van der Waals surface area contributed by atoms with Crippen LogP contribution in [0, 0.1) is 17.3 Å². The van der Waals surface area contributed by atoms with Crippen LogP contribution in [-0.4, -0.2) is 599 Å². The molecule has 11 aliphatic rings. The molecule has 57 atom stereocenters. The van der Waals surface area contributed by atoms with Gasteiger partial charge >= 0.3 is 12.3 Å². The van der Waals surface area contributed by atoms with Crippen molar-refractivity contribution in [1.82, 2.24) is 21.3 Å². The fourth-order valence-electron chi connectivity index (χ4n) is 19.4. The summed E-state index contributed by atoms with van der Waals surface area (Å²) in [6.45, 7) is -0.268. The van der Waals surface area contributed by atoms with E-state index in [4.69, 9.17) is 119 Å². The Morgan fingerprint density at radius 3 is 0.859 bits per heavy atom. The molecular formula is C86H144N4O59. The van der Waals surface area contributed by atoms with Gasteiger partial charge in [0.15, 0.2) is 62.9 Å². The van der Waals surface area contributed by atoms with Crippen LogP contribution in [0.4, 0.5) is 0 Å². The molecule has 63 heteroatoms. The Bertz CT molecular complexity index is 4110. The average Bonchev–Trinajstić information content (AvgIpc) is 0.763. The van der Waals surface area contributed by atoms with E-state index in [0.717, 1.165) is 27.7 Å². The SMILES string of the molecule is CC(=O)N[C@H]1C(O)[C@H](O[C@@H]2OC(CO)[C@H](O)C(O[C@@H]3C[C@@H](O)[C@@H](C)C([C@H](O)[C@H](O)CO)O3)[C@@H]2O)C(CO)O[C@H]1OC1C(O)[C@H](O)C(CO)O[C@@H]1OC1[C@H](O)C(CO[C@H]2OC(CO)[C@@H](O)C(O)[C@H]2O[C@@H]2OC(CO)[C@@H](O[C@@H]3OC(CO)[C@H](O)C(O[C@@H]4C[C@@H](O)[C@@H](C)C([C@H](O)[C@H](O)CO)O4)[C@@H]3O)C(O)[C@@H]2NC(C)=O)O[C@@H](O[C@@H]2C(CO)O[C@@H](O[C@@H]3C(CO)O[C@@H](C(C)(C)C)[C@@H](NC(C)=O)C3O)[C@@H](NC(C)=O)C2O)[C@@H]1O.O=C=O.O=C=O. The predicted molar refractivity (Wildman–Crippen MR) is 464 cm³/mol. The van der Waals surface area contributed by atoms with Crippen molar-refractivity contribution in [1.29, 1.82) is 0 Å². The van der Waals surface area contributed by atoms with Gasteiger partial charge in [0.2, 0.25) is 23.6 Å². The zero-order valence-electron chi connectivity index (χ0n) is 81.9. The van der Waals surface area contributed by atoms with Crippen LogP contribution in [-0.2, 0) is 138 Å². The van der Waals surface area contributed by atoms with Crippen molar-refractivity contribution >= 4 is 35.9 Å². The van der Waals surface area contributed by atoms with Crippen LogP contribution in [0.5, 0.6) is 0 Å². The van der Waals surface area contributed by atoms with Gasteiger partial charge in [0.25, 0.3) is 0 Å². The topological polar surface area (TPSA) is 985 Å². The number of hydrogen-bond donors (Lipinski definition) is 34. The minimum Gasteiger partial charge on any atom is -0.394 e. The number of amides is 4. The smallest absolute Gasteiger partial charge is 0.373 e. The molecule has 63 nitrogen and oxygen atoms in total. The van der Waals surface area contributed by atoms with Gasteiger partial charge in [-0.1, -0.05) is 34.6 Å². The van der Waals surface area contributed by atoms with Crippen molar-refractivity contribution in [2.45, 2.75) is 412 Å². The molecule has 149 heavy (non-hydrogen) atoms. The van der Waals surface area contributed by atoms with Gasteiger partial charge < -0.3 is 274 Å². The summed E-state index contributed by atoms with van der Waals surface area (Å²) in [4.78, 5) is 85.1. The Balaban J connectivity index is 0.00000401. The average molecular weight is 2180 g/mol. The van der Waals surface area contributed by atoms with Gasteiger partial charge in [-0.05, 0) is 5.41 Å². The number of hydrogen-bond acceptors (Lipinski definition) is 59. The fourth-order valence-corrected chi connectivity index (χ4v) is 19.4. The molecule has 0 aromatic heterocycles. The summed E-state index contributed by atoms with van der Waals surface area (Å²) >= 11 is 0. The van der Waals surface area contributed by atoms with E-state index in [1.54, 1.807) is 20.8 Å². The Kier molecular flexibility index (Phi) is 48.8. The standard InChI is InChI=1S/C84H144N4O55.2CO2/c1-23-29(103)10-42(133-64(23)48(107)31(105)12-89)135-70-52(111)35(16-93)125-79(61(70)120)138-67-39(20-97)130-77(46(57(67)116)87-27(5)101)142-73-59(118)50(109)33(14-91)127-82(73)123-22-41-54(113)72(63(122)81(132-41)140-69-38(19-96)129-76(45(56(69)115)86-26(4)100)137-66-37(18-95)124-75(84(7,8)9)44(55(66)114)85-25(3)99)141-83-74(60(119)51(110)34(15-92)128-83)143-78-47(88-28(6)102)58(117)68(40(21-98)131-78)139-80-62(121)71(53(112)36(17-94)126-80)136-43-11-30(104)24(2)65(134-43)49(108)32(106)13-90;2*2-1-3/h23-24,29-83,89-98,103-122H,10-22H2,1-9H3,(H,85,99)(H,86,100)(H,87,101)(H,88,102);;/t23-,24-,29-,30-,31-,32-,33?,34?,35?,36?,37?,38?,39?,40?,41?,42-,43-,44+,45+,46+,47+,48-,49-,50-,51-,52+,53+,54-,55?,56?,57?,58?,59?,60?,61+,62+,63-,64?,65?,66-,67-,68-,69-,70?,71?,72?,73-,74?,75-,76+,77+,78+,79+,80+,81+,82+,83-;;/m1../s1. The molecule has 11 saturated heterocycles. The highest BCUT2D eigenvalue weighted by Crippen LogP contribution is 2.44. The van der Waals surface area contributed by atoms with Crippen molar-refractivity contribution in [3.05, 3.63) is 0 Å². The van der Waals surface area contributed by atoms with E-state index >= 15 is 0 Å². The summed E-state index contributed by atoms with van der Waals surface area (Å²) < 4.78 is 128. The van der Waals surface area contributed by atoms with Gasteiger partial charge in [-0.25, -0.2) is 0 Å². The van der Waals surface area contributed by atoms with Crippen molar-refractivity contribution in [2.75, 3.05) is 72.7 Å². The molecule has 0 spiro atoms. The number of aliphatic hydroxyl groups excluding tert-OH is 30. The molecule has 11 fully saturated rings. The van der Waals surface area contributed by atoms with Gasteiger partial charge in [-0.2, -0.15) is 19.2 Å². The summed E-state index contributed by atoms with van der Waals surface area (Å²) in [5, 5.41) is 350. The van der Waals surface area contributed by atoms with Crippen LogP contribution in [0.2, 0.25) is 0 Å². The number of carbonyl (C=O) groups excluding carboxylic acids is 8. The molecule has 11 aliphatic heterocycles. The minimum absolute atomic E-state index is 0.250. The molecule has 0 saturated carbocycles. The van der Waals surface area contributed by atoms with Crippen LogP contribution in [0.1, 0.15) is 75.2 Å². The van der Waals surface area contributed by atoms with E-state index in [1.165, 1.54) is 13.8 Å². The van der Waals surface area contributed by atoms with Gasteiger partial charge in [0.05, 0.1) is 109 Å². The third-order valence-electron chi connectivity index (χ3n) is 27.4. The van der Waals surface area contributed by atoms with Crippen LogP contribution in [0.15, 0.2) is 0 Å². The third kappa shape index (κ3) is 30.2. The van der Waals surface area contributed by atoms with Gasteiger partial charge in [0.1, 0.15) is 238 Å². The normalized spacial score (nSPS) is 45.6. The number of rotatable bonds is 39. The lowest BCUT2D eigenvalue weighted by molar-refractivity contribution is -0.400. The summed E-state index contributed by atoms with van der Waals surface area (Å²) in [6, 6.07) is -7.29. The van der Waals surface area contributed by atoms with Crippen LogP contribution in [0.3, 0.4) is 0 Å². The molecule has 11 rings (SSSR count). The molecule has 34 N–H and O–H groups in total. The van der Waals surface area contributed by atoms with Gasteiger partial charge in [0, 0.05) is 52.4 Å². The molecule has 0 radical (unpaired) electrons. The predicted octanol–water partition coefficient (Wildman–Crippen LogP) is -21.4. The highest BCUT2D eigenvalue weighted by molar-refractivity contribution is 5.74. The minimum atomic E-state index is -2.63. The zero-order valence-corrected chi connectivity index (χ0v) is 81.9. The summed E-state index contributed by atoms with van der Waals surface area (Å²) in [5.41, 5.74) is -0.863. The number of carbonyl (C=O) groups is 4. The van der Waals surface area contributed by atoms with E-state index in [-0.39, 0.29) is 12.3 Å². The van der Waals surface area contributed by atoms with E-state index in [1.807, 2.05) is 0 Å². The Labute approximate surface area is 847 Å². The first-order chi connectivity index (χ1) is 70.3. The second kappa shape index (κ2) is 57.2. The second-order valence-electron chi connectivity index (χ2n) is 38.8. The van der Waals surface area contributed by atoms with E-state index in [2.05, 4.69) is 21.3 Å². The van der Waals surface area contributed by atoms with Crippen molar-refractivity contribution in [3.63, 3.8) is 0 Å². The molecule has 11 heterocycles. The zero-order chi connectivity index (χ0) is 111. The number of aliphatic hydroxyl groups is 30. The molecule has 21 unspecified atom stereocenters. The Morgan fingerprint density at radius 2 is 0.544 bits per heavy atom. The molecule has 4 amide bonds. The highest BCUT2D eigenvalue weighted by Gasteiger charge is 2.63. The molecule has 0 aromatic rings. The largest absolute Gasteiger partial charge is 0.394 e. The van der Waals surface area contributed by atoms with Crippen LogP contribution < -0.4 is 21.3 Å². The first kappa shape index (κ1) is 127. The number of nitrogens with one attached hydrogen (secondary N) is 4. The lowest BCUT2D eigenvalue weighted by atomic mass is 9.78. The molecule has 0 aliphatic carbocycles. The molecule has 0 bridgehead atoms. The van der Waals surface area contributed by atoms with Gasteiger partial charge in [-0.15, -0.1) is 0 Å². The van der Waals surface area contributed by atoms with Crippen molar-refractivity contribution in [2.24, 2.45) is 17.3 Å². The third-order valence-corrected chi connectivity index (χ3v) is 27.4. The second-order valence-corrected chi connectivity index (χ2v) is 38.8. The maximum absolute atomic E-state index is 13.3. The lowest BCUT2D eigenvalue weighted by Crippen LogP contribution is -2.71. The molecule has 862 valence electrons.